The minimum atomic E-state index is -0.346. The van der Waals surface area contributed by atoms with E-state index >= 15 is 0 Å². The van der Waals surface area contributed by atoms with Gasteiger partial charge in [-0.2, -0.15) is 5.06 Å². The van der Waals surface area contributed by atoms with Crippen molar-refractivity contribution < 1.29 is 29.0 Å². The monoisotopic (exact) mass is 574 g/mol. The number of anilines is 1. The van der Waals surface area contributed by atoms with Gasteiger partial charge in [0.25, 0.3) is 5.91 Å². The van der Waals surface area contributed by atoms with E-state index in [9.17, 15) is 14.8 Å². The number of aromatic nitrogens is 3. The number of carbonyl (C=O) groups excluding carboxylic acids is 2. The number of piperidine rings is 1. The molecule has 1 aliphatic heterocycles. The molecule has 3 aromatic heterocycles. The van der Waals surface area contributed by atoms with Gasteiger partial charge in [-0.15, -0.1) is 0 Å². The Balaban J connectivity index is 1.31. The van der Waals surface area contributed by atoms with Gasteiger partial charge in [-0.05, 0) is 50.1 Å². The van der Waals surface area contributed by atoms with Crippen LogP contribution in [0.4, 0.5) is 10.6 Å². The topological polar surface area (TPSA) is 140 Å². The maximum Gasteiger partial charge on any atom is 0.325 e. The van der Waals surface area contributed by atoms with E-state index in [0.29, 0.717) is 67.1 Å². The van der Waals surface area contributed by atoms with E-state index < -0.39 is 0 Å². The first-order valence-electron chi connectivity index (χ1n) is 13.9. The fourth-order valence-corrected chi connectivity index (χ4v) is 4.79. The van der Waals surface area contributed by atoms with Crippen molar-refractivity contribution in [1.29, 1.82) is 0 Å². The molecule has 42 heavy (non-hydrogen) atoms. The first-order chi connectivity index (χ1) is 20.4. The molecule has 0 saturated carbocycles. The zero-order valence-electron chi connectivity index (χ0n) is 23.6. The summed E-state index contributed by atoms with van der Waals surface area (Å²) in [5.41, 5.74) is 1.98. The number of hydrogen-bond donors (Lipinski definition) is 3. The Kier molecular flexibility index (Phi) is 9.27. The highest BCUT2D eigenvalue weighted by Crippen LogP contribution is 2.36. The molecule has 3 N–H and O–H groups in total. The standard InChI is InChI=1S/C30H34N6O6/c1-3-40-14-15-41-26-18-25-21(9-13-36(25)30(38)31-2)16-27(26)42-23-6-10-32-28(17-23)34-29(37)22-4-5-24(33-19-22)20-7-11-35(39)12-8-20/h4-6,9-10,13,16-20,39H,3,7-8,11-12,14-15H2,1-2H3,(H,31,38)(H,32,34,37). The van der Waals surface area contributed by atoms with Crippen molar-refractivity contribution in [2.45, 2.75) is 25.7 Å². The number of ether oxygens (including phenoxy) is 3. The smallest absolute Gasteiger partial charge is 0.325 e. The Morgan fingerprint density at radius 2 is 1.88 bits per heavy atom. The summed E-state index contributed by atoms with van der Waals surface area (Å²) < 4.78 is 19.0. The lowest BCUT2D eigenvalue weighted by atomic mass is 9.94. The minimum absolute atomic E-state index is 0.260. The molecule has 1 saturated heterocycles. The Hall–Kier alpha value is -4.52. The molecular weight excluding hydrogens is 540 g/mol. The zero-order valence-corrected chi connectivity index (χ0v) is 23.6. The second-order valence-electron chi connectivity index (χ2n) is 9.78. The van der Waals surface area contributed by atoms with E-state index in [1.807, 2.05) is 19.1 Å². The summed E-state index contributed by atoms with van der Waals surface area (Å²) in [4.78, 5) is 34.0. The van der Waals surface area contributed by atoms with Gasteiger partial charge >= 0.3 is 6.03 Å². The number of nitrogens with zero attached hydrogens (tertiary/aromatic N) is 4. The molecule has 0 unspecified atom stereocenters. The predicted molar refractivity (Wildman–Crippen MR) is 156 cm³/mol. The molecule has 5 rings (SSSR count). The largest absolute Gasteiger partial charge is 0.487 e. The van der Waals surface area contributed by atoms with Gasteiger partial charge < -0.3 is 30.1 Å². The number of benzene rings is 1. The van der Waals surface area contributed by atoms with E-state index in [0.717, 1.165) is 23.9 Å². The first-order valence-corrected chi connectivity index (χ1v) is 13.9. The fourth-order valence-electron chi connectivity index (χ4n) is 4.79. The second kappa shape index (κ2) is 13.4. The van der Waals surface area contributed by atoms with Crippen LogP contribution in [-0.2, 0) is 4.74 Å². The quantitative estimate of drug-likeness (QED) is 0.231. The SMILES string of the molecule is CCOCCOc1cc2c(ccn2C(=O)NC)cc1Oc1ccnc(NC(=O)c2ccc(C3CCN(O)CC3)nc2)c1. The molecule has 4 aromatic rings. The molecule has 0 atom stereocenters. The van der Waals surface area contributed by atoms with Gasteiger partial charge in [0, 0.05) is 74.5 Å². The second-order valence-corrected chi connectivity index (χ2v) is 9.78. The van der Waals surface area contributed by atoms with Crippen LogP contribution in [0.5, 0.6) is 17.2 Å². The van der Waals surface area contributed by atoms with E-state index in [2.05, 4.69) is 20.6 Å². The average molecular weight is 575 g/mol. The number of nitrogens with one attached hydrogen (secondary N) is 2. The fraction of sp³-hybridized carbons (Fsp3) is 0.333. The van der Waals surface area contributed by atoms with Gasteiger partial charge in [0.15, 0.2) is 11.5 Å². The van der Waals surface area contributed by atoms with Crippen LogP contribution in [0.2, 0.25) is 0 Å². The van der Waals surface area contributed by atoms with Crippen molar-refractivity contribution in [3.05, 3.63) is 72.3 Å². The highest BCUT2D eigenvalue weighted by Gasteiger charge is 2.21. The van der Waals surface area contributed by atoms with Crippen LogP contribution in [0.3, 0.4) is 0 Å². The number of carbonyl (C=O) groups is 2. The van der Waals surface area contributed by atoms with Crippen LogP contribution in [0.25, 0.3) is 10.9 Å². The highest BCUT2D eigenvalue weighted by molar-refractivity contribution is 6.03. The van der Waals surface area contributed by atoms with Crippen LogP contribution in [-0.4, -0.2) is 76.7 Å². The maximum absolute atomic E-state index is 12.9. The molecular formula is C30H34N6O6. The summed E-state index contributed by atoms with van der Waals surface area (Å²) in [5.74, 6) is 1.52. The van der Waals surface area contributed by atoms with Gasteiger partial charge in [0.1, 0.15) is 18.2 Å². The van der Waals surface area contributed by atoms with Gasteiger partial charge in [-0.3, -0.25) is 14.3 Å². The number of amides is 2. The third-order valence-electron chi connectivity index (χ3n) is 7.02. The van der Waals surface area contributed by atoms with Crippen LogP contribution in [0.15, 0.2) is 61.1 Å². The molecule has 220 valence electrons. The molecule has 4 heterocycles. The van der Waals surface area contributed by atoms with E-state index in [-0.39, 0.29) is 17.9 Å². The number of fused-ring (bicyclic) bond motifs is 1. The Morgan fingerprint density at radius 3 is 2.62 bits per heavy atom. The Morgan fingerprint density at radius 1 is 1.05 bits per heavy atom. The maximum atomic E-state index is 12.9. The van der Waals surface area contributed by atoms with E-state index in [1.54, 1.807) is 49.8 Å². The summed E-state index contributed by atoms with van der Waals surface area (Å²) in [6.07, 6.45) is 6.41. The molecule has 12 nitrogen and oxygen atoms in total. The molecule has 1 aliphatic rings. The van der Waals surface area contributed by atoms with Crippen LogP contribution in [0.1, 0.15) is 41.7 Å². The lowest BCUT2D eigenvalue weighted by Gasteiger charge is -2.26. The third kappa shape index (κ3) is 6.85. The van der Waals surface area contributed by atoms with Gasteiger partial charge in [-0.25, -0.2) is 9.78 Å². The molecule has 0 bridgehead atoms. The predicted octanol–water partition coefficient (Wildman–Crippen LogP) is 4.65. The van der Waals surface area contributed by atoms with E-state index in [4.69, 9.17) is 14.2 Å². The van der Waals surface area contributed by atoms with Gasteiger partial charge in [-0.1, -0.05) is 0 Å². The molecule has 0 spiro atoms. The highest BCUT2D eigenvalue weighted by atomic mass is 16.5. The summed E-state index contributed by atoms with van der Waals surface area (Å²) in [7, 11) is 1.57. The minimum Gasteiger partial charge on any atom is -0.487 e. The molecule has 1 aromatic carbocycles. The van der Waals surface area contributed by atoms with Crippen LogP contribution < -0.4 is 20.1 Å². The molecule has 2 amide bonds. The van der Waals surface area contributed by atoms with Crippen molar-refractivity contribution in [3.63, 3.8) is 0 Å². The third-order valence-corrected chi connectivity index (χ3v) is 7.02. The summed E-state index contributed by atoms with van der Waals surface area (Å²) in [5, 5.41) is 17.1. The van der Waals surface area contributed by atoms with Crippen LogP contribution >= 0.6 is 0 Å². The van der Waals surface area contributed by atoms with E-state index in [1.165, 1.54) is 15.8 Å². The summed E-state index contributed by atoms with van der Waals surface area (Å²) in [6.45, 7) is 4.38. The number of pyridine rings is 2. The Bertz CT molecular complexity index is 1530. The number of hydrogen-bond acceptors (Lipinski definition) is 9. The molecule has 12 heteroatoms. The molecule has 0 radical (unpaired) electrons. The number of hydroxylamine groups is 2. The zero-order chi connectivity index (χ0) is 29.5. The van der Waals surface area contributed by atoms with Crippen molar-refractivity contribution in [2.24, 2.45) is 0 Å². The lowest BCUT2D eigenvalue weighted by molar-refractivity contribution is -0.106. The lowest BCUT2D eigenvalue weighted by Crippen LogP contribution is -2.30. The molecule has 1 fully saturated rings. The van der Waals surface area contributed by atoms with Crippen LogP contribution in [0, 0.1) is 0 Å². The average Bonchev–Trinajstić information content (AvgIpc) is 3.42. The first kappa shape index (κ1) is 29.0. The van der Waals surface area contributed by atoms with Crippen molar-refractivity contribution >= 4 is 28.7 Å². The molecule has 0 aliphatic carbocycles. The normalized spacial score (nSPS) is 14.1. The van der Waals surface area contributed by atoms with Crippen molar-refractivity contribution in [2.75, 3.05) is 45.3 Å². The van der Waals surface area contributed by atoms with Gasteiger partial charge in [0.05, 0.1) is 17.7 Å². The summed E-state index contributed by atoms with van der Waals surface area (Å²) >= 11 is 0. The van der Waals surface area contributed by atoms with Crippen molar-refractivity contribution in [1.82, 2.24) is 24.9 Å². The van der Waals surface area contributed by atoms with Crippen molar-refractivity contribution in [3.8, 4) is 17.2 Å². The summed E-state index contributed by atoms with van der Waals surface area (Å²) in [6, 6.07) is 12.0. The Labute approximate surface area is 243 Å². The van der Waals surface area contributed by atoms with Gasteiger partial charge in [0.2, 0.25) is 0 Å². The number of rotatable bonds is 10.